The molecule has 1 N–H and O–H groups in total. The van der Waals surface area contributed by atoms with Gasteiger partial charge in [0.1, 0.15) is 18.2 Å². The van der Waals surface area contributed by atoms with Gasteiger partial charge in [0, 0.05) is 19.1 Å². The number of likely N-dealkylation sites (tertiary alicyclic amines) is 1. The van der Waals surface area contributed by atoms with Crippen molar-refractivity contribution < 1.29 is 9.13 Å². The molecule has 2 saturated heterocycles. The third kappa shape index (κ3) is 3.25. The van der Waals surface area contributed by atoms with Crippen LogP contribution in [0.3, 0.4) is 0 Å². The van der Waals surface area contributed by atoms with Gasteiger partial charge in [0.05, 0.1) is 0 Å². The summed E-state index contributed by atoms with van der Waals surface area (Å²) in [5, 5.41) is 3.57. The maximum atomic E-state index is 12.8. The quantitative estimate of drug-likeness (QED) is 0.899. The van der Waals surface area contributed by atoms with Gasteiger partial charge in [-0.05, 0) is 56.1 Å². The van der Waals surface area contributed by atoms with Gasteiger partial charge in [-0.1, -0.05) is 0 Å². The Bertz CT molecular complexity index is 409. The first kappa shape index (κ1) is 12.9. The zero-order valence-corrected chi connectivity index (χ0v) is 11.1. The molecule has 0 aromatic heterocycles. The first-order valence-corrected chi connectivity index (χ1v) is 7.15. The van der Waals surface area contributed by atoms with Crippen LogP contribution in [0.4, 0.5) is 4.39 Å². The lowest BCUT2D eigenvalue weighted by Gasteiger charge is -2.34. The molecule has 1 aromatic carbocycles. The maximum absolute atomic E-state index is 12.8. The average molecular weight is 264 g/mol. The monoisotopic (exact) mass is 264 g/mol. The molecule has 104 valence electrons. The van der Waals surface area contributed by atoms with E-state index in [0.717, 1.165) is 30.8 Å². The van der Waals surface area contributed by atoms with Gasteiger partial charge in [0.25, 0.3) is 0 Å². The van der Waals surface area contributed by atoms with Gasteiger partial charge in [-0.25, -0.2) is 4.39 Å². The smallest absolute Gasteiger partial charge is 0.123 e. The minimum Gasteiger partial charge on any atom is -0.492 e. The Morgan fingerprint density at radius 1 is 1.26 bits per heavy atom. The zero-order valence-electron chi connectivity index (χ0n) is 11.1. The van der Waals surface area contributed by atoms with E-state index in [-0.39, 0.29) is 5.82 Å². The first-order chi connectivity index (χ1) is 9.31. The molecule has 19 heavy (non-hydrogen) atoms. The van der Waals surface area contributed by atoms with Crippen LogP contribution >= 0.6 is 0 Å². The summed E-state index contributed by atoms with van der Waals surface area (Å²) in [7, 11) is 0. The number of benzene rings is 1. The fourth-order valence-corrected chi connectivity index (χ4v) is 3.15. The molecular formula is C15H21FN2O. The summed E-state index contributed by atoms with van der Waals surface area (Å²) in [5.74, 6) is 1.35. The Kier molecular flexibility index (Phi) is 3.99. The van der Waals surface area contributed by atoms with Gasteiger partial charge >= 0.3 is 0 Å². The van der Waals surface area contributed by atoms with Crippen LogP contribution in [0.25, 0.3) is 0 Å². The Morgan fingerprint density at radius 2 is 2.11 bits per heavy atom. The van der Waals surface area contributed by atoms with Crippen molar-refractivity contribution in [1.82, 2.24) is 10.2 Å². The van der Waals surface area contributed by atoms with E-state index in [2.05, 4.69) is 10.2 Å². The van der Waals surface area contributed by atoms with Crippen molar-refractivity contribution in [1.29, 1.82) is 0 Å². The second kappa shape index (κ2) is 5.88. The normalized spacial score (nSPS) is 27.2. The SMILES string of the molecule is Fc1ccc(OCCN2CCC3NCCC3C2)cc1. The van der Waals surface area contributed by atoms with Crippen molar-refractivity contribution in [3.63, 3.8) is 0 Å². The maximum Gasteiger partial charge on any atom is 0.123 e. The van der Waals surface area contributed by atoms with Gasteiger partial charge in [0.15, 0.2) is 0 Å². The number of fused-ring (bicyclic) bond motifs is 1. The van der Waals surface area contributed by atoms with Crippen LogP contribution in [0.1, 0.15) is 12.8 Å². The molecule has 2 aliphatic rings. The van der Waals surface area contributed by atoms with Gasteiger partial charge in [-0.2, -0.15) is 0 Å². The van der Waals surface area contributed by atoms with E-state index in [1.54, 1.807) is 12.1 Å². The van der Waals surface area contributed by atoms with Crippen molar-refractivity contribution in [3.8, 4) is 5.75 Å². The second-order valence-electron chi connectivity index (χ2n) is 5.50. The lowest BCUT2D eigenvalue weighted by Crippen LogP contribution is -2.45. The standard InChI is InChI=1S/C15H21FN2O/c16-13-1-3-14(4-2-13)19-10-9-18-8-6-15-12(11-18)5-7-17-15/h1-4,12,15,17H,5-11H2. The van der Waals surface area contributed by atoms with E-state index in [9.17, 15) is 4.39 Å². The minimum absolute atomic E-state index is 0.219. The Morgan fingerprint density at radius 3 is 2.95 bits per heavy atom. The molecule has 0 spiro atoms. The van der Waals surface area contributed by atoms with Crippen molar-refractivity contribution in [2.24, 2.45) is 5.92 Å². The highest BCUT2D eigenvalue weighted by Crippen LogP contribution is 2.24. The Balaban J connectivity index is 1.41. The first-order valence-electron chi connectivity index (χ1n) is 7.15. The second-order valence-corrected chi connectivity index (χ2v) is 5.50. The highest BCUT2D eigenvalue weighted by Gasteiger charge is 2.32. The Hall–Kier alpha value is -1.13. The number of halogens is 1. The number of nitrogens with zero attached hydrogens (tertiary/aromatic N) is 1. The van der Waals surface area contributed by atoms with E-state index in [1.807, 2.05) is 0 Å². The summed E-state index contributed by atoms with van der Waals surface area (Å²) in [6, 6.07) is 6.98. The molecule has 3 nitrogen and oxygen atoms in total. The molecule has 3 rings (SSSR count). The lowest BCUT2D eigenvalue weighted by molar-refractivity contribution is 0.138. The minimum atomic E-state index is -0.219. The van der Waals surface area contributed by atoms with Crippen LogP contribution in [-0.2, 0) is 0 Å². The topological polar surface area (TPSA) is 24.5 Å². The summed E-state index contributed by atoms with van der Waals surface area (Å²) in [6.45, 7) is 5.15. The van der Waals surface area contributed by atoms with E-state index >= 15 is 0 Å². The van der Waals surface area contributed by atoms with Crippen LogP contribution < -0.4 is 10.1 Å². The molecule has 2 atom stereocenters. The summed E-state index contributed by atoms with van der Waals surface area (Å²) in [5.41, 5.74) is 0. The number of rotatable bonds is 4. The number of hydrogen-bond donors (Lipinski definition) is 1. The fourth-order valence-electron chi connectivity index (χ4n) is 3.15. The Labute approximate surface area is 113 Å². The lowest BCUT2D eigenvalue weighted by atomic mass is 9.93. The third-order valence-corrected chi connectivity index (χ3v) is 4.23. The molecule has 4 heteroatoms. The van der Waals surface area contributed by atoms with E-state index < -0.39 is 0 Å². The summed E-state index contributed by atoms with van der Waals surface area (Å²) < 4.78 is 18.4. The van der Waals surface area contributed by atoms with Gasteiger partial charge in [0.2, 0.25) is 0 Å². The highest BCUT2D eigenvalue weighted by atomic mass is 19.1. The van der Waals surface area contributed by atoms with Crippen LogP contribution in [-0.4, -0.2) is 43.7 Å². The van der Waals surface area contributed by atoms with Crippen LogP contribution in [0.2, 0.25) is 0 Å². The fraction of sp³-hybridized carbons (Fsp3) is 0.600. The van der Waals surface area contributed by atoms with Gasteiger partial charge in [-0.15, -0.1) is 0 Å². The molecule has 0 saturated carbocycles. The van der Waals surface area contributed by atoms with Crippen molar-refractivity contribution in [2.45, 2.75) is 18.9 Å². The summed E-state index contributed by atoms with van der Waals surface area (Å²) >= 11 is 0. The van der Waals surface area contributed by atoms with Crippen molar-refractivity contribution in [3.05, 3.63) is 30.1 Å². The van der Waals surface area contributed by atoms with Crippen LogP contribution in [0.15, 0.2) is 24.3 Å². The van der Waals surface area contributed by atoms with E-state index in [0.29, 0.717) is 6.61 Å². The highest BCUT2D eigenvalue weighted by molar-refractivity contribution is 5.21. The molecule has 2 unspecified atom stereocenters. The molecule has 2 heterocycles. The largest absolute Gasteiger partial charge is 0.492 e. The molecule has 0 radical (unpaired) electrons. The van der Waals surface area contributed by atoms with Crippen LogP contribution in [0.5, 0.6) is 5.75 Å². The third-order valence-electron chi connectivity index (χ3n) is 4.23. The predicted molar refractivity (Wildman–Crippen MR) is 72.8 cm³/mol. The molecule has 0 bridgehead atoms. The van der Waals surface area contributed by atoms with E-state index in [1.165, 1.54) is 38.1 Å². The zero-order chi connectivity index (χ0) is 13.1. The van der Waals surface area contributed by atoms with Gasteiger partial charge in [-0.3, -0.25) is 4.90 Å². The molecular weight excluding hydrogens is 243 g/mol. The number of piperidine rings is 1. The molecule has 2 fully saturated rings. The molecule has 1 aromatic rings. The van der Waals surface area contributed by atoms with Crippen molar-refractivity contribution >= 4 is 0 Å². The number of nitrogens with one attached hydrogen (secondary N) is 1. The predicted octanol–water partition coefficient (Wildman–Crippen LogP) is 1.89. The van der Waals surface area contributed by atoms with Crippen LogP contribution in [0, 0.1) is 11.7 Å². The van der Waals surface area contributed by atoms with Gasteiger partial charge < -0.3 is 10.1 Å². The number of hydrogen-bond acceptors (Lipinski definition) is 3. The molecule has 2 aliphatic heterocycles. The number of ether oxygens (including phenoxy) is 1. The molecule has 0 amide bonds. The van der Waals surface area contributed by atoms with Crippen molar-refractivity contribution in [2.75, 3.05) is 32.8 Å². The summed E-state index contributed by atoms with van der Waals surface area (Å²) in [6.07, 6.45) is 2.56. The summed E-state index contributed by atoms with van der Waals surface area (Å²) in [4.78, 5) is 2.48. The molecule has 0 aliphatic carbocycles. The average Bonchev–Trinajstić information content (AvgIpc) is 2.88. The van der Waals surface area contributed by atoms with E-state index in [4.69, 9.17) is 4.74 Å².